The Bertz CT molecular complexity index is 2420. The van der Waals surface area contributed by atoms with E-state index in [4.69, 9.17) is 0 Å². The topological polar surface area (TPSA) is 33.6 Å². The van der Waals surface area contributed by atoms with E-state index >= 15 is 0 Å². The van der Waals surface area contributed by atoms with Crippen molar-refractivity contribution < 1.29 is 13.2 Å². The molecule has 222 valence electrons. The van der Waals surface area contributed by atoms with Crippen LogP contribution in [0.15, 0.2) is 121 Å². The summed E-state index contributed by atoms with van der Waals surface area (Å²) < 4.78 is 47.6. The number of rotatable bonds is 3. The van der Waals surface area contributed by atoms with Gasteiger partial charge >= 0.3 is 6.18 Å². The third kappa shape index (κ3) is 3.98. The number of aromatic nitrogens is 2. The fourth-order valence-electron chi connectivity index (χ4n) is 7.10. The third-order valence-electron chi connectivity index (χ3n) is 9.03. The van der Waals surface area contributed by atoms with E-state index in [1.165, 1.54) is 12.1 Å². The van der Waals surface area contributed by atoms with E-state index in [-0.39, 0.29) is 5.56 Å². The molecule has 0 saturated carbocycles. The van der Waals surface area contributed by atoms with Crippen LogP contribution >= 0.6 is 0 Å². The van der Waals surface area contributed by atoms with Gasteiger partial charge in [-0.2, -0.15) is 18.4 Å². The Morgan fingerprint density at radius 2 is 1.02 bits per heavy atom. The SMILES string of the molecule is Cc1cccc2c3ccccc3n(-c3cc(-c4ccccc4C(F)(F)F)cc(-n4c5ccccc5c5cccc(C)c54)c3C#N)c12. The van der Waals surface area contributed by atoms with Gasteiger partial charge in [-0.3, -0.25) is 0 Å². The number of benzene rings is 6. The molecular formula is C40H26F3N3. The van der Waals surface area contributed by atoms with Gasteiger partial charge in [-0.15, -0.1) is 0 Å². The number of alkyl halides is 3. The summed E-state index contributed by atoms with van der Waals surface area (Å²) in [7, 11) is 0. The van der Waals surface area contributed by atoms with Crippen LogP contribution in [0.4, 0.5) is 13.2 Å². The van der Waals surface area contributed by atoms with Crippen LogP contribution in [-0.2, 0) is 6.18 Å². The highest BCUT2D eigenvalue weighted by molar-refractivity contribution is 6.12. The van der Waals surface area contributed by atoms with E-state index in [1.54, 1.807) is 18.2 Å². The van der Waals surface area contributed by atoms with E-state index < -0.39 is 11.7 Å². The lowest BCUT2D eigenvalue weighted by Crippen LogP contribution is -2.09. The number of para-hydroxylation sites is 4. The van der Waals surface area contributed by atoms with Gasteiger partial charge in [0.15, 0.2) is 0 Å². The van der Waals surface area contributed by atoms with Crippen LogP contribution in [0.1, 0.15) is 22.3 Å². The first-order chi connectivity index (χ1) is 22.3. The molecular weight excluding hydrogens is 579 g/mol. The zero-order chi connectivity index (χ0) is 31.7. The molecule has 0 bridgehead atoms. The van der Waals surface area contributed by atoms with Crippen LogP contribution in [0.25, 0.3) is 66.1 Å². The maximum absolute atomic E-state index is 14.5. The van der Waals surface area contributed by atoms with E-state index in [0.717, 1.165) is 60.8 Å². The number of hydrogen-bond donors (Lipinski definition) is 0. The minimum Gasteiger partial charge on any atom is -0.308 e. The second-order valence-corrected chi connectivity index (χ2v) is 11.7. The van der Waals surface area contributed by atoms with Crippen molar-refractivity contribution in [1.82, 2.24) is 9.13 Å². The van der Waals surface area contributed by atoms with E-state index in [0.29, 0.717) is 22.5 Å². The number of aryl methyl sites for hydroxylation is 2. The molecule has 0 amide bonds. The van der Waals surface area contributed by atoms with Crippen LogP contribution in [0.3, 0.4) is 0 Å². The molecule has 3 nitrogen and oxygen atoms in total. The van der Waals surface area contributed by atoms with Gasteiger partial charge in [-0.05, 0) is 66.4 Å². The number of halogens is 3. The predicted octanol–water partition coefficient (Wildman–Crippen LogP) is 11.1. The van der Waals surface area contributed by atoms with Gasteiger partial charge in [-0.25, -0.2) is 0 Å². The van der Waals surface area contributed by atoms with Crippen molar-refractivity contribution in [3.63, 3.8) is 0 Å². The van der Waals surface area contributed by atoms with Crippen LogP contribution < -0.4 is 0 Å². The minimum absolute atomic E-state index is 0.0527. The Morgan fingerprint density at radius 1 is 0.565 bits per heavy atom. The van der Waals surface area contributed by atoms with E-state index in [2.05, 4.69) is 6.07 Å². The average molecular weight is 606 g/mol. The molecule has 6 aromatic carbocycles. The summed E-state index contributed by atoms with van der Waals surface area (Å²) in [5.74, 6) is 0. The smallest absolute Gasteiger partial charge is 0.308 e. The molecule has 0 atom stereocenters. The molecule has 0 aliphatic heterocycles. The van der Waals surface area contributed by atoms with Crippen molar-refractivity contribution in [2.45, 2.75) is 20.0 Å². The van der Waals surface area contributed by atoms with Crippen LogP contribution in [0.2, 0.25) is 0 Å². The summed E-state index contributed by atoms with van der Waals surface area (Å²) in [6.45, 7) is 4.04. The van der Waals surface area contributed by atoms with Gasteiger partial charge < -0.3 is 9.13 Å². The summed E-state index contributed by atoms with van der Waals surface area (Å²) in [6, 6.07) is 39.7. The highest BCUT2D eigenvalue weighted by Gasteiger charge is 2.34. The number of hydrogen-bond acceptors (Lipinski definition) is 1. The molecule has 2 heterocycles. The molecule has 0 radical (unpaired) electrons. The van der Waals surface area contributed by atoms with Crippen molar-refractivity contribution in [3.8, 4) is 28.6 Å². The largest absolute Gasteiger partial charge is 0.417 e. The van der Waals surface area contributed by atoms with Gasteiger partial charge in [0, 0.05) is 21.5 Å². The zero-order valence-corrected chi connectivity index (χ0v) is 25.0. The Hall–Kier alpha value is -5.80. The van der Waals surface area contributed by atoms with Crippen LogP contribution in [0.5, 0.6) is 0 Å². The van der Waals surface area contributed by atoms with Gasteiger partial charge in [-0.1, -0.05) is 91.0 Å². The molecule has 6 heteroatoms. The standard InChI is InChI=1S/C40H26F3N3/c1-24-11-9-16-30-28-14-4-7-19-34(28)45(38(24)30)36-21-26(27-13-3-6-18-33(27)40(41,42)43)22-37(32(36)23-44)46-35-20-8-5-15-29(35)31-17-10-12-25(2)39(31)46/h3-22H,1-2H3. The lowest BCUT2D eigenvalue weighted by molar-refractivity contribution is -0.137. The summed E-state index contributed by atoms with van der Waals surface area (Å²) in [5.41, 5.74) is 6.64. The fraction of sp³-hybridized carbons (Fsp3) is 0.0750. The lowest BCUT2D eigenvalue weighted by Gasteiger charge is -2.20. The Balaban J connectivity index is 1.61. The molecule has 0 saturated heterocycles. The Morgan fingerprint density at radius 3 is 1.52 bits per heavy atom. The molecule has 8 aromatic rings. The van der Waals surface area contributed by atoms with Gasteiger partial charge in [0.1, 0.15) is 11.6 Å². The Labute approximate surface area is 263 Å². The molecule has 0 unspecified atom stereocenters. The lowest BCUT2D eigenvalue weighted by atomic mass is 9.95. The number of fused-ring (bicyclic) bond motifs is 6. The second kappa shape index (κ2) is 10.1. The molecule has 0 fully saturated rings. The van der Waals surface area contributed by atoms with Gasteiger partial charge in [0.25, 0.3) is 0 Å². The van der Waals surface area contributed by atoms with E-state index in [1.807, 2.05) is 108 Å². The maximum Gasteiger partial charge on any atom is 0.417 e. The quantitative estimate of drug-likeness (QED) is 0.197. The molecule has 0 spiro atoms. The molecule has 46 heavy (non-hydrogen) atoms. The van der Waals surface area contributed by atoms with Crippen molar-refractivity contribution in [2.75, 3.05) is 0 Å². The number of nitrogens with zero attached hydrogens (tertiary/aromatic N) is 3. The third-order valence-corrected chi connectivity index (χ3v) is 9.03. The highest BCUT2D eigenvalue weighted by atomic mass is 19.4. The summed E-state index contributed by atoms with van der Waals surface area (Å²) >= 11 is 0. The van der Waals surface area contributed by atoms with Crippen molar-refractivity contribution in [1.29, 1.82) is 5.26 Å². The highest BCUT2D eigenvalue weighted by Crippen LogP contribution is 2.43. The van der Waals surface area contributed by atoms with Gasteiger partial charge in [0.05, 0.1) is 39.0 Å². The Kier molecular flexibility index (Phi) is 6.10. The first kappa shape index (κ1) is 27.7. The van der Waals surface area contributed by atoms with Crippen molar-refractivity contribution in [2.24, 2.45) is 0 Å². The first-order valence-corrected chi connectivity index (χ1v) is 15.0. The summed E-state index contributed by atoms with van der Waals surface area (Å²) in [4.78, 5) is 0. The monoisotopic (exact) mass is 605 g/mol. The molecule has 0 N–H and O–H groups in total. The number of nitriles is 1. The van der Waals surface area contributed by atoms with Crippen LogP contribution in [0, 0.1) is 25.2 Å². The predicted molar refractivity (Wildman–Crippen MR) is 180 cm³/mol. The fourth-order valence-corrected chi connectivity index (χ4v) is 7.10. The van der Waals surface area contributed by atoms with E-state index in [9.17, 15) is 18.4 Å². The first-order valence-electron chi connectivity index (χ1n) is 15.0. The molecule has 8 rings (SSSR count). The molecule has 2 aromatic heterocycles. The van der Waals surface area contributed by atoms with Crippen LogP contribution in [-0.4, -0.2) is 9.13 Å². The molecule has 0 aliphatic rings. The normalized spacial score (nSPS) is 12.0. The maximum atomic E-state index is 14.5. The van der Waals surface area contributed by atoms with Gasteiger partial charge in [0.2, 0.25) is 0 Å². The average Bonchev–Trinajstić information content (AvgIpc) is 3.59. The zero-order valence-electron chi connectivity index (χ0n) is 25.0. The van der Waals surface area contributed by atoms with Crippen molar-refractivity contribution >= 4 is 43.6 Å². The van der Waals surface area contributed by atoms with Crippen molar-refractivity contribution in [3.05, 3.63) is 144 Å². The second-order valence-electron chi connectivity index (χ2n) is 11.7. The summed E-state index contributed by atoms with van der Waals surface area (Å²) in [5, 5.41) is 15.0. The summed E-state index contributed by atoms with van der Waals surface area (Å²) in [6.07, 6.45) is -4.57. The minimum atomic E-state index is -4.57. The molecule has 0 aliphatic carbocycles.